The molecule has 24 heavy (non-hydrogen) atoms. The molecule has 11 nitrogen and oxygen atoms in total. The Kier molecular flexibility index (Phi) is 4.92. The van der Waals surface area contributed by atoms with Gasteiger partial charge in [0.2, 0.25) is 0 Å². The number of amides is 3. The van der Waals surface area contributed by atoms with Crippen molar-refractivity contribution in [1.29, 1.82) is 0 Å². The summed E-state index contributed by atoms with van der Waals surface area (Å²) in [5.41, 5.74) is 5.63. The van der Waals surface area contributed by atoms with E-state index in [0.29, 0.717) is 17.9 Å². The molecule has 3 aliphatic heterocycles. The maximum Gasteiger partial charge on any atom is 0.418 e. The minimum Gasteiger partial charge on any atom is -0.317 e. The molecule has 4 N–H and O–H groups in total. The summed E-state index contributed by atoms with van der Waals surface area (Å²) in [6.45, 7) is 1.94. The molecule has 3 aliphatic rings. The van der Waals surface area contributed by atoms with Crippen LogP contribution in [0.25, 0.3) is 0 Å². The highest BCUT2D eigenvalue weighted by molar-refractivity contribution is 7.80. The molecule has 0 spiro atoms. The van der Waals surface area contributed by atoms with E-state index in [1.54, 1.807) is 0 Å². The van der Waals surface area contributed by atoms with Gasteiger partial charge in [-0.1, -0.05) is 0 Å². The first-order chi connectivity index (χ1) is 11.3. The fourth-order valence-corrected chi connectivity index (χ4v) is 3.72. The molecule has 2 bridgehead atoms. The normalized spacial score (nSPS) is 28.3. The number of carbonyl (C=O) groups is 2. The zero-order valence-corrected chi connectivity index (χ0v) is 13.8. The van der Waals surface area contributed by atoms with Crippen LogP contribution in [-0.4, -0.2) is 72.6 Å². The quantitative estimate of drug-likeness (QED) is 0.337. The second kappa shape index (κ2) is 6.80. The lowest BCUT2D eigenvalue weighted by atomic mass is 10.0. The molecule has 0 aromatic rings. The summed E-state index contributed by atoms with van der Waals surface area (Å²) >= 11 is 0. The smallest absolute Gasteiger partial charge is 0.317 e. The first-order valence-corrected chi connectivity index (χ1v) is 9.24. The van der Waals surface area contributed by atoms with E-state index in [4.69, 9.17) is 4.55 Å². The number of hydroxylamine groups is 2. The molecule has 0 aromatic heterocycles. The molecule has 3 amide bonds. The van der Waals surface area contributed by atoms with Gasteiger partial charge in [-0.2, -0.15) is 13.5 Å². The zero-order chi connectivity index (χ0) is 17.3. The van der Waals surface area contributed by atoms with Crippen molar-refractivity contribution in [3.63, 3.8) is 0 Å². The first-order valence-electron chi connectivity index (χ1n) is 7.88. The molecule has 136 valence electrons. The summed E-state index contributed by atoms with van der Waals surface area (Å²) in [5, 5.41) is 3.85. The Bertz CT molecular complexity index is 607. The highest BCUT2D eigenvalue weighted by atomic mass is 32.3. The van der Waals surface area contributed by atoms with Crippen LogP contribution in [-0.2, 0) is 19.5 Å². The van der Waals surface area contributed by atoms with E-state index in [0.717, 1.165) is 25.9 Å². The Labute approximate surface area is 139 Å². The molecule has 0 saturated carbocycles. The van der Waals surface area contributed by atoms with Crippen molar-refractivity contribution >= 4 is 22.3 Å². The average molecular weight is 363 g/mol. The van der Waals surface area contributed by atoms with E-state index in [1.165, 1.54) is 4.90 Å². The molecule has 2 atom stereocenters. The van der Waals surface area contributed by atoms with Gasteiger partial charge in [0.1, 0.15) is 6.04 Å². The molecule has 0 aliphatic carbocycles. The molecule has 0 radical (unpaired) electrons. The number of nitrogens with zero attached hydrogens (tertiary/aromatic N) is 2. The van der Waals surface area contributed by atoms with E-state index in [2.05, 4.69) is 20.5 Å². The van der Waals surface area contributed by atoms with Gasteiger partial charge in [-0.3, -0.25) is 14.8 Å². The molecular formula is C12H21N5O6S. The van der Waals surface area contributed by atoms with Gasteiger partial charge in [0.25, 0.3) is 5.91 Å². The third-order valence-corrected chi connectivity index (χ3v) is 4.89. The summed E-state index contributed by atoms with van der Waals surface area (Å²) in [6.07, 6.45) is 2.59. The minimum absolute atomic E-state index is 0.180. The van der Waals surface area contributed by atoms with E-state index in [-0.39, 0.29) is 18.5 Å². The maximum atomic E-state index is 12.4. The van der Waals surface area contributed by atoms with Crippen LogP contribution in [0.4, 0.5) is 4.79 Å². The van der Waals surface area contributed by atoms with E-state index >= 15 is 0 Å². The lowest BCUT2D eigenvalue weighted by molar-refractivity contribution is -0.127. The third kappa shape index (κ3) is 3.78. The van der Waals surface area contributed by atoms with Gasteiger partial charge in [-0.15, -0.1) is 4.28 Å². The average Bonchev–Trinajstić information content (AvgIpc) is 2.77. The Morgan fingerprint density at radius 1 is 1.25 bits per heavy atom. The number of rotatable bonds is 5. The molecular weight excluding hydrogens is 342 g/mol. The van der Waals surface area contributed by atoms with Crippen molar-refractivity contribution in [3.05, 3.63) is 0 Å². The van der Waals surface area contributed by atoms with Gasteiger partial charge in [-0.05, 0) is 38.8 Å². The summed E-state index contributed by atoms with van der Waals surface area (Å²) in [7, 11) is -4.78. The highest BCUT2D eigenvalue weighted by Crippen LogP contribution is 2.30. The van der Waals surface area contributed by atoms with Gasteiger partial charge in [0.15, 0.2) is 0 Å². The van der Waals surface area contributed by atoms with Crippen LogP contribution in [0.2, 0.25) is 0 Å². The first kappa shape index (κ1) is 17.4. The van der Waals surface area contributed by atoms with Crippen LogP contribution < -0.4 is 16.2 Å². The fraction of sp³-hybridized carbons (Fsp3) is 0.833. The summed E-state index contributed by atoms with van der Waals surface area (Å²) < 4.78 is 34.8. The number of fused-ring (bicyclic) bond motifs is 2. The van der Waals surface area contributed by atoms with Crippen molar-refractivity contribution in [3.8, 4) is 0 Å². The molecule has 3 heterocycles. The summed E-state index contributed by atoms with van der Waals surface area (Å²) in [4.78, 5) is 25.8. The Hall–Kier alpha value is -1.47. The largest absolute Gasteiger partial charge is 0.418 e. The SMILES string of the molecule is O=C(NNC1CCNCC1)[C@@H]1CC[C@@H]2CN1C(=O)N2OS(=O)(=O)O. The van der Waals surface area contributed by atoms with Crippen molar-refractivity contribution < 1.29 is 26.8 Å². The molecule has 3 fully saturated rings. The van der Waals surface area contributed by atoms with Crippen molar-refractivity contribution in [2.24, 2.45) is 0 Å². The molecule has 3 rings (SSSR count). The number of hydrogen-bond donors (Lipinski definition) is 4. The monoisotopic (exact) mass is 363 g/mol. The van der Waals surface area contributed by atoms with Gasteiger partial charge in [0, 0.05) is 12.6 Å². The summed E-state index contributed by atoms with van der Waals surface area (Å²) in [5.74, 6) is -0.339. The lowest BCUT2D eigenvalue weighted by Crippen LogP contribution is -2.56. The standard InChI is InChI=1S/C12H21N5O6S/c18-11(15-14-8-3-5-13-6-4-8)10-2-1-9-7-16(10)12(19)17(9)23-24(20,21)22/h8-10,13-14H,1-7H2,(H,15,18)(H,20,21,22)/t9-,10+/m1/s1. The van der Waals surface area contributed by atoms with Crippen LogP contribution >= 0.6 is 0 Å². The zero-order valence-electron chi connectivity index (χ0n) is 13.0. The molecule has 3 saturated heterocycles. The molecule has 12 heteroatoms. The van der Waals surface area contributed by atoms with Crippen LogP contribution in [0.1, 0.15) is 25.7 Å². The molecule has 0 unspecified atom stereocenters. The van der Waals surface area contributed by atoms with E-state index < -0.39 is 28.5 Å². The number of hydrogen-bond acceptors (Lipinski definition) is 7. The fourth-order valence-electron chi connectivity index (χ4n) is 3.33. The minimum atomic E-state index is -4.78. The van der Waals surface area contributed by atoms with Gasteiger partial charge < -0.3 is 10.2 Å². The number of nitrogens with one attached hydrogen (secondary N) is 3. The number of hydrazine groups is 1. The number of urea groups is 1. The summed E-state index contributed by atoms with van der Waals surface area (Å²) in [6, 6.07) is -1.75. The third-order valence-electron chi connectivity index (χ3n) is 4.54. The van der Waals surface area contributed by atoms with Crippen molar-refractivity contribution in [2.75, 3.05) is 19.6 Å². The number of carbonyl (C=O) groups excluding carboxylic acids is 2. The maximum absolute atomic E-state index is 12.4. The van der Waals surface area contributed by atoms with Crippen LogP contribution in [0, 0.1) is 0 Å². The van der Waals surface area contributed by atoms with Crippen LogP contribution in [0.15, 0.2) is 0 Å². The van der Waals surface area contributed by atoms with Crippen molar-refractivity contribution in [2.45, 2.75) is 43.8 Å². The van der Waals surface area contributed by atoms with Crippen LogP contribution in [0.5, 0.6) is 0 Å². The number of piperidine rings is 2. The van der Waals surface area contributed by atoms with Crippen LogP contribution in [0.3, 0.4) is 0 Å². The predicted octanol–water partition coefficient (Wildman–Crippen LogP) is -1.64. The predicted molar refractivity (Wildman–Crippen MR) is 80.6 cm³/mol. The van der Waals surface area contributed by atoms with Gasteiger partial charge in [0.05, 0.1) is 6.04 Å². The van der Waals surface area contributed by atoms with E-state index in [1.807, 2.05) is 0 Å². The Balaban J connectivity index is 1.58. The highest BCUT2D eigenvalue weighted by Gasteiger charge is 2.49. The topological polar surface area (TPSA) is 140 Å². The Morgan fingerprint density at radius 2 is 1.96 bits per heavy atom. The second-order valence-electron chi connectivity index (χ2n) is 6.17. The lowest BCUT2D eigenvalue weighted by Gasteiger charge is -2.30. The van der Waals surface area contributed by atoms with E-state index in [9.17, 15) is 18.0 Å². The van der Waals surface area contributed by atoms with Gasteiger partial charge >= 0.3 is 16.4 Å². The second-order valence-corrected chi connectivity index (χ2v) is 7.17. The van der Waals surface area contributed by atoms with Crippen molar-refractivity contribution in [1.82, 2.24) is 26.1 Å². The molecule has 0 aromatic carbocycles. The Morgan fingerprint density at radius 3 is 2.62 bits per heavy atom. The van der Waals surface area contributed by atoms with Gasteiger partial charge in [-0.25, -0.2) is 10.2 Å².